The molecule has 4 rings (SSSR count). The van der Waals surface area contributed by atoms with E-state index in [1.54, 1.807) is 6.07 Å². The lowest BCUT2D eigenvalue weighted by atomic mass is 9.83. The Morgan fingerprint density at radius 1 is 1.26 bits per heavy atom. The van der Waals surface area contributed by atoms with Crippen LogP contribution < -0.4 is 16.1 Å². The highest BCUT2D eigenvalue weighted by atomic mass is 19.1. The van der Waals surface area contributed by atoms with Gasteiger partial charge >= 0.3 is 0 Å². The van der Waals surface area contributed by atoms with Crippen molar-refractivity contribution in [3.8, 4) is 11.6 Å². The van der Waals surface area contributed by atoms with E-state index in [-0.39, 0.29) is 33.9 Å². The van der Waals surface area contributed by atoms with Crippen LogP contribution in [0.4, 0.5) is 14.5 Å². The molecule has 1 atom stereocenters. The van der Waals surface area contributed by atoms with Crippen molar-refractivity contribution in [1.29, 1.82) is 5.41 Å². The highest BCUT2D eigenvalue weighted by Gasteiger charge is 2.35. The van der Waals surface area contributed by atoms with Crippen molar-refractivity contribution in [3.05, 3.63) is 86.7 Å². The maximum absolute atomic E-state index is 14.7. The summed E-state index contributed by atoms with van der Waals surface area (Å²) in [6.45, 7) is 0. The SMILES string of the molecule is N=c1c2c(ncn1N)Oc1cc(F)cc(F)c1C2c1cccc([N+](=O)[O-])c1. The van der Waals surface area contributed by atoms with Crippen LogP contribution in [0.2, 0.25) is 0 Å². The first-order chi connectivity index (χ1) is 12.9. The molecule has 27 heavy (non-hydrogen) atoms. The molecule has 0 radical (unpaired) electrons. The number of non-ortho nitro benzene ring substituents is 1. The third-order valence-corrected chi connectivity index (χ3v) is 4.30. The van der Waals surface area contributed by atoms with Gasteiger partial charge < -0.3 is 10.6 Å². The fraction of sp³-hybridized carbons (Fsp3) is 0.0588. The number of nitrogens with one attached hydrogen (secondary N) is 1. The van der Waals surface area contributed by atoms with Crippen LogP contribution in [-0.2, 0) is 0 Å². The minimum absolute atomic E-state index is 0.0456. The van der Waals surface area contributed by atoms with Gasteiger partial charge in [0.1, 0.15) is 23.7 Å². The van der Waals surface area contributed by atoms with E-state index in [0.29, 0.717) is 11.6 Å². The minimum atomic E-state index is -0.986. The lowest BCUT2D eigenvalue weighted by Crippen LogP contribution is -2.34. The van der Waals surface area contributed by atoms with Gasteiger partial charge in [-0.2, -0.15) is 0 Å². The maximum Gasteiger partial charge on any atom is 0.269 e. The Labute approximate surface area is 150 Å². The van der Waals surface area contributed by atoms with Crippen molar-refractivity contribution in [2.24, 2.45) is 0 Å². The molecular weight excluding hydrogens is 360 g/mol. The van der Waals surface area contributed by atoms with Crippen LogP contribution >= 0.6 is 0 Å². The second kappa shape index (κ2) is 5.87. The second-order valence-corrected chi connectivity index (χ2v) is 5.91. The molecule has 10 heteroatoms. The van der Waals surface area contributed by atoms with Crippen molar-refractivity contribution in [1.82, 2.24) is 9.66 Å². The zero-order valence-corrected chi connectivity index (χ0v) is 13.5. The summed E-state index contributed by atoms with van der Waals surface area (Å²) in [7, 11) is 0. The van der Waals surface area contributed by atoms with E-state index in [2.05, 4.69) is 4.98 Å². The molecule has 1 aliphatic rings. The molecule has 8 nitrogen and oxygen atoms in total. The van der Waals surface area contributed by atoms with E-state index in [4.69, 9.17) is 16.0 Å². The molecule has 1 aromatic heterocycles. The molecule has 0 fully saturated rings. The number of nitrogens with two attached hydrogens (primary N) is 1. The standard InChI is InChI=1S/C17H11F2N5O3/c18-9-5-11(19)14-12(6-9)27-17-15(16(20)23(21)7-22-17)13(14)8-2-1-3-10(4-8)24(25)26/h1-7,13,20H,21H2. The molecule has 1 aliphatic heterocycles. The third kappa shape index (κ3) is 2.58. The van der Waals surface area contributed by atoms with Gasteiger partial charge in [-0.25, -0.2) is 18.4 Å². The molecule has 136 valence electrons. The number of rotatable bonds is 2. The average Bonchev–Trinajstić information content (AvgIpc) is 2.63. The normalized spacial score (nSPS) is 14.8. The predicted octanol–water partition coefficient (Wildman–Crippen LogP) is 2.55. The van der Waals surface area contributed by atoms with Crippen LogP contribution in [-0.4, -0.2) is 14.6 Å². The number of nitro benzene ring substituents is 1. The summed E-state index contributed by atoms with van der Waals surface area (Å²) in [6.07, 6.45) is 1.13. The van der Waals surface area contributed by atoms with Gasteiger partial charge in [-0.15, -0.1) is 0 Å². The molecule has 0 spiro atoms. The van der Waals surface area contributed by atoms with Crippen molar-refractivity contribution < 1.29 is 18.4 Å². The lowest BCUT2D eigenvalue weighted by Gasteiger charge is -2.28. The fourth-order valence-corrected chi connectivity index (χ4v) is 3.15. The van der Waals surface area contributed by atoms with Gasteiger partial charge in [0.15, 0.2) is 5.49 Å². The summed E-state index contributed by atoms with van der Waals surface area (Å²) in [6, 6.07) is 7.24. The van der Waals surface area contributed by atoms with E-state index in [9.17, 15) is 18.9 Å². The van der Waals surface area contributed by atoms with E-state index >= 15 is 0 Å². The van der Waals surface area contributed by atoms with E-state index in [0.717, 1.165) is 17.1 Å². The maximum atomic E-state index is 14.7. The molecule has 0 amide bonds. The van der Waals surface area contributed by atoms with Gasteiger partial charge in [-0.3, -0.25) is 15.5 Å². The van der Waals surface area contributed by atoms with Crippen LogP contribution in [0.3, 0.4) is 0 Å². The molecule has 1 unspecified atom stereocenters. The van der Waals surface area contributed by atoms with Crippen molar-refractivity contribution in [2.45, 2.75) is 5.92 Å². The van der Waals surface area contributed by atoms with Gasteiger partial charge in [0.2, 0.25) is 5.88 Å². The summed E-state index contributed by atoms with van der Waals surface area (Å²) in [5, 5.41) is 19.4. The highest BCUT2D eigenvalue weighted by Crippen LogP contribution is 2.46. The van der Waals surface area contributed by atoms with Crippen LogP contribution in [0.5, 0.6) is 11.6 Å². The number of nitro groups is 1. The molecule has 0 saturated heterocycles. The Balaban J connectivity index is 2.06. The van der Waals surface area contributed by atoms with Crippen LogP contribution in [0.25, 0.3) is 0 Å². The Morgan fingerprint density at radius 2 is 2.04 bits per heavy atom. The van der Waals surface area contributed by atoms with Gasteiger partial charge in [-0.1, -0.05) is 12.1 Å². The number of hydrogen-bond donors (Lipinski definition) is 2. The van der Waals surface area contributed by atoms with Gasteiger partial charge in [-0.05, 0) is 5.56 Å². The van der Waals surface area contributed by atoms with E-state index in [1.165, 1.54) is 18.2 Å². The van der Waals surface area contributed by atoms with Gasteiger partial charge in [0.25, 0.3) is 5.69 Å². The molecule has 3 aromatic rings. The largest absolute Gasteiger partial charge is 0.438 e. The van der Waals surface area contributed by atoms with E-state index < -0.39 is 22.5 Å². The number of nitrogen functional groups attached to an aromatic ring is 1. The van der Waals surface area contributed by atoms with Crippen molar-refractivity contribution >= 4 is 5.69 Å². The fourth-order valence-electron chi connectivity index (χ4n) is 3.15. The Hall–Kier alpha value is -3.82. The van der Waals surface area contributed by atoms with E-state index in [1.807, 2.05) is 0 Å². The molecule has 0 aliphatic carbocycles. The number of aromatic nitrogens is 2. The summed E-state index contributed by atoms with van der Waals surface area (Å²) < 4.78 is 34.8. The quantitative estimate of drug-likeness (QED) is 0.319. The summed E-state index contributed by atoms with van der Waals surface area (Å²) in [5.74, 6) is 2.80. The number of fused-ring (bicyclic) bond motifs is 2. The predicted molar refractivity (Wildman–Crippen MR) is 88.7 cm³/mol. The summed E-state index contributed by atoms with van der Waals surface area (Å²) in [4.78, 5) is 14.5. The Morgan fingerprint density at radius 3 is 2.78 bits per heavy atom. The zero-order chi connectivity index (χ0) is 19.3. The summed E-state index contributed by atoms with van der Waals surface area (Å²) in [5.41, 5.74) is -0.0297. The van der Waals surface area contributed by atoms with Crippen molar-refractivity contribution in [3.63, 3.8) is 0 Å². The van der Waals surface area contributed by atoms with Crippen LogP contribution in [0.1, 0.15) is 22.6 Å². The Bertz CT molecular complexity index is 1160. The van der Waals surface area contributed by atoms with Gasteiger partial charge in [0, 0.05) is 35.7 Å². The average molecular weight is 371 g/mol. The van der Waals surface area contributed by atoms with Crippen molar-refractivity contribution in [2.75, 3.05) is 5.84 Å². The lowest BCUT2D eigenvalue weighted by molar-refractivity contribution is -0.384. The Kier molecular flexibility index (Phi) is 3.62. The molecule has 0 saturated carbocycles. The highest BCUT2D eigenvalue weighted by molar-refractivity contribution is 5.57. The molecule has 2 aromatic carbocycles. The number of benzene rings is 2. The molecule has 3 N–H and O–H groups in total. The topological polar surface area (TPSA) is 120 Å². The molecule has 0 bridgehead atoms. The first kappa shape index (κ1) is 16.6. The summed E-state index contributed by atoms with van der Waals surface area (Å²) >= 11 is 0. The molecular formula is C17H11F2N5O3. The second-order valence-electron chi connectivity index (χ2n) is 5.91. The van der Waals surface area contributed by atoms with Crippen LogP contribution in [0, 0.1) is 27.2 Å². The number of ether oxygens (including phenoxy) is 1. The monoisotopic (exact) mass is 371 g/mol. The minimum Gasteiger partial charge on any atom is -0.438 e. The third-order valence-electron chi connectivity index (χ3n) is 4.30. The number of nitrogens with zero attached hydrogens (tertiary/aromatic N) is 3. The first-order valence-corrected chi connectivity index (χ1v) is 7.69. The smallest absolute Gasteiger partial charge is 0.269 e. The zero-order valence-electron chi connectivity index (χ0n) is 13.5. The molecule has 2 heterocycles. The number of hydrogen-bond acceptors (Lipinski definition) is 6. The number of halogens is 2. The van der Waals surface area contributed by atoms with Crippen LogP contribution in [0.15, 0.2) is 42.7 Å². The van der Waals surface area contributed by atoms with Gasteiger partial charge in [0.05, 0.1) is 10.5 Å². The first-order valence-electron chi connectivity index (χ1n) is 7.69.